The van der Waals surface area contributed by atoms with Crippen molar-refractivity contribution in [3.8, 4) is 0 Å². The van der Waals surface area contributed by atoms with Gasteiger partial charge in [0.2, 0.25) is 0 Å². The van der Waals surface area contributed by atoms with Crippen LogP contribution in [0.15, 0.2) is 12.1 Å². The van der Waals surface area contributed by atoms with E-state index in [1.54, 1.807) is 0 Å². The number of hydrogen-bond donors (Lipinski definition) is 0. The van der Waals surface area contributed by atoms with Gasteiger partial charge in [-0.3, -0.25) is 0 Å². The summed E-state index contributed by atoms with van der Waals surface area (Å²) in [5.41, 5.74) is 2.49. The minimum absolute atomic E-state index is 0.816. The van der Waals surface area contributed by atoms with Crippen LogP contribution in [0.25, 0.3) is 0 Å². The minimum Gasteiger partial charge on any atom is -0.378 e. The van der Waals surface area contributed by atoms with Gasteiger partial charge in [-0.1, -0.05) is 13.0 Å². The number of morpholine rings is 1. The molecule has 0 saturated carbocycles. The maximum atomic E-state index is 5.33. The van der Waals surface area contributed by atoms with Gasteiger partial charge in [0, 0.05) is 18.8 Å². The van der Waals surface area contributed by atoms with Crippen molar-refractivity contribution < 1.29 is 4.74 Å². The molecular formula is C12H18N2O. The molecule has 0 N–H and O–H groups in total. The zero-order valence-electron chi connectivity index (χ0n) is 9.49. The zero-order valence-corrected chi connectivity index (χ0v) is 9.49. The van der Waals surface area contributed by atoms with Crippen LogP contribution in [-0.4, -0.2) is 31.3 Å². The second-order valence-electron chi connectivity index (χ2n) is 3.87. The molecular weight excluding hydrogens is 188 g/mol. The molecule has 1 aromatic heterocycles. The van der Waals surface area contributed by atoms with Crippen LogP contribution in [0.5, 0.6) is 0 Å². The largest absolute Gasteiger partial charge is 0.378 e. The molecule has 0 bridgehead atoms. The third-order valence-electron chi connectivity index (χ3n) is 2.90. The third kappa shape index (κ3) is 2.29. The average molecular weight is 206 g/mol. The van der Waals surface area contributed by atoms with Gasteiger partial charge in [-0.05, 0) is 25.0 Å². The normalized spacial score (nSPS) is 16.8. The summed E-state index contributed by atoms with van der Waals surface area (Å²) in [6.07, 6.45) is 1.06. The van der Waals surface area contributed by atoms with Crippen LogP contribution >= 0.6 is 0 Å². The maximum Gasteiger partial charge on any atom is 0.128 e. The first-order valence-electron chi connectivity index (χ1n) is 5.60. The van der Waals surface area contributed by atoms with Crippen LogP contribution in [-0.2, 0) is 11.2 Å². The van der Waals surface area contributed by atoms with Crippen molar-refractivity contribution in [3.63, 3.8) is 0 Å². The molecule has 15 heavy (non-hydrogen) atoms. The highest BCUT2D eigenvalue weighted by Crippen LogP contribution is 2.16. The molecule has 1 saturated heterocycles. The fraction of sp³-hybridized carbons (Fsp3) is 0.583. The average Bonchev–Trinajstić information content (AvgIpc) is 2.30. The molecule has 3 nitrogen and oxygen atoms in total. The summed E-state index contributed by atoms with van der Waals surface area (Å²) in [7, 11) is 0. The molecule has 0 unspecified atom stereocenters. The van der Waals surface area contributed by atoms with Crippen LogP contribution < -0.4 is 4.90 Å². The van der Waals surface area contributed by atoms with Crippen molar-refractivity contribution in [3.05, 3.63) is 23.4 Å². The molecule has 1 aromatic rings. The molecule has 0 radical (unpaired) electrons. The highest BCUT2D eigenvalue weighted by atomic mass is 16.5. The number of aromatic nitrogens is 1. The Bertz CT molecular complexity index is 332. The van der Waals surface area contributed by atoms with E-state index in [0.717, 1.165) is 44.2 Å². The Morgan fingerprint density at radius 3 is 2.67 bits per heavy atom. The molecule has 0 spiro atoms. The van der Waals surface area contributed by atoms with Crippen molar-refractivity contribution >= 4 is 5.82 Å². The topological polar surface area (TPSA) is 25.4 Å². The zero-order chi connectivity index (χ0) is 10.7. The molecule has 1 aliphatic rings. The van der Waals surface area contributed by atoms with Gasteiger partial charge < -0.3 is 9.64 Å². The lowest BCUT2D eigenvalue weighted by Crippen LogP contribution is -2.36. The van der Waals surface area contributed by atoms with Crippen LogP contribution in [0, 0.1) is 6.92 Å². The van der Waals surface area contributed by atoms with E-state index in [0.29, 0.717) is 0 Å². The lowest BCUT2D eigenvalue weighted by Gasteiger charge is -2.28. The van der Waals surface area contributed by atoms with E-state index in [9.17, 15) is 0 Å². The predicted molar refractivity (Wildman–Crippen MR) is 61.4 cm³/mol. The minimum atomic E-state index is 0.816. The number of anilines is 1. The highest BCUT2D eigenvalue weighted by Gasteiger charge is 2.12. The Morgan fingerprint density at radius 2 is 2.07 bits per heavy atom. The summed E-state index contributed by atoms with van der Waals surface area (Å²) in [6.45, 7) is 7.80. The Morgan fingerprint density at radius 1 is 1.33 bits per heavy atom. The van der Waals surface area contributed by atoms with Gasteiger partial charge >= 0.3 is 0 Å². The summed E-state index contributed by atoms with van der Waals surface area (Å²) in [5.74, 6) is 1.09. The van der Waals surface area contributed by atoms with Crippen molar-refractivity contribution in [2.45, 2.75) is 20.3 Å². The number of hydrogen-bond acceptors (Lipinski definition) is 3. The van der Waals surface area contributed by atoms with Crippen LogP contribution in [0.2, 0.25) is 0 Å². The van der Waals surface area contributed by atoms with Crippen molar-refractivity contribution in [1.29, 1.82) is 0 Å². The molecule has 2 rings (SSSR count). The fourth-order valence-corrected chi connectivity index (χ4v) is 1.92. The summed E-state index contributed by atoms with van der Waals surface area (Å²) in [4.78, 5) is 6.93. The first kappa shape index (κ1) is 10.4. The fourth-order valence-electron chi connectivity index (χ4n) is 1.92. The van der Waals surface area contributed by atoms with E-state index in [1.807, 2.05) is 0 Å². The van der Waals surface area contributed by atoms with E-state index in [4.69, 9.17) is 4.74 Å². The Kier molecular flexibility index (Phi) is 3.21. The van der Waals surface area contributed by atoms with E-state index >= 15 is 0 Å². The molecule has 82 valence electrons. The third-order valence-corrected chi connectivity index (χ3v) is 2.90. The van der Waals surface area contributed by atoms with Crippen molar-refractivity contribution in [1.82, 2.24) is 4.98 Å². The molecule has 0 amide bonds. The molecule has 1 fully saturated rings. The lowest BCUT2D eigenvalue weighted by molar-refractivity contribution is 0.122. The van der Waals surface area contributed by atoms with Gasteiger partial charge in [0.05, 0.1) is 13.2 Å². The lowest BCUT2D eigenvalue weighted by atomic mass is 10.1. The number of pyridine rings is 1. The second kappa shape index (κ2) is 4.62. The maximum absolute atomic E-state index is 5.33. The Labute approximate surface area is 91.1 Å². The molecule has 0 aromatic carbocycles. The van der Waals surface area contributed by atoms with Gasteiger partial charge in [-0.2, -0.15) is 0 Å². The van der Waals surface area contributed by atoms with E-state index < -0.39 is 0 Å². The Balaban J connectivity index is 2.17. The quantitative estimate of drug-likeness (QED) is 0.737. The highest BCUT2D eigenvalue weighted by molar-refractivity contribution is 5.42. The van der Waals surface area contributed by atoms with E-state index in [2.05, 4.69) is 35.9 Å². The van der Waals surface area contributed by atoms with Crippen LogP contribution in [0.1, 0.15) is 18.2 Å². The summed E-state index contributed by atoms with van der Waals surface area (Å²) in [5, 5.41) is 0. The van der Waals surface area contributed by atoms with E-state index in [1.165, 1.54) is 5.56 Å². The van der Waals surface area contributed by atoms with Crippen molar-refractivity contribution in [2.75, 3.05) is 31.2 Å². The molecule has 0 atom stereocenters. The first-order chi connectivity index (χ1) is 7.31. The number of aryl methyl sites for hydroxylation is 2. The van der Waals surface area contributed by atoms with E-state index in [-0.39, 0.29) is 0 Å². The van der Waals surface area contributed by atoms with Gasteiger partial charge in [-0.25, -0.2) is 4.98 Å². The van der Waals surface area contributed by atoms with Gasteiger partial charge in [0.25, 0.3) is 0 Å². The smallest absolute Gasteiger partial charge is 0.128 e. The number of ether oxygens (including phenoxy) is 1. The monoisotopic (exact) mass is 206 g/mol. The second-order valence-corrected chi connectivity index (χ2v) is 3.87. The van der Waals surface area contributed by atoms with Gasteiger partial charge in [0.1, 0.15) is 5.82 Å². The summed E-state index contributed by atoms with van der Waals surface area (Å²) < 4.78 is 5.33. The molecule has 0 aliphatic carbocycles. The number of nitrogens with zero attached hydrogens (tertiary/aromatic N) is 2. The predicted octanol–water partition coefficient (Wildman–Crippen LogP) is 1.79. The van der Waals surface area contributed by atoms with Gasteiger partial charge in [-0.15, -0.1) is 0 Å². The Hall–Kier alpha value is -1.09. The number of rotatable bonds is 2. The summed E-state index contributed by atoms with van der Waals surface area (Å²) in [6, 6.07) is 4.31. The first-order valence-corrected chi connectivity index (χ1v) is 5.60. The molecule has 1 aliphatic heterocycles. The molecule has 2 heterocycles. The molecule has 3 heteroatoms. The van der Waals surface area contributed by atoms with Gasteiger partial charge in [0.15, 0.2) is 0 Å². The SMILES string of the molecule is CCc1ccc(N2CCOCC2)nc1C. The van der Waals surface area contributed by atoms with Crippen molar-refractivity contribution in [2.24, 2.45) is 0 Å². The van der Waals surface area contributed by atoms with Crippen LogP contribution in [0.3, 0.4) is 0 Å². The standard InChI is InChI=1S/C12H18N2O/c1-3-11-4-5-12(13-10(11)2)14-6-8-15-9-7-14/h4-5H,3,6-9H2,1-2H3. The van der Waals surface area contributed by atoms with Crippen LogP contribution in [0.4, 0.5) is 5.82 Å². The summed E-state index contributed by atoms with van der Waals surface area (Å²) >= 11 is 0.